The molecule has 3 aromatic rings. The van der Waals surface area contributed by atoms with Crippen LogP contribution in [0.25, 0.3) is 0 Å². The van der Waals surface area contributed by atoms with Crippen molar-refractivity contribution in [3.63, 3.8) is 0 Å². The number of nitrogens with one attached hydrogen (secondary N) is 1. The first-order valence-electron chi connectivity index (χ1n) is 9.42. The van der Waals surface area contributed by atoms with Gasteiger partial charge in [0.05, 0.1) is 19.2 Å². The summed E-state index contributed by atoms with van der Waals surface area (Å²) in [6.45, 7) is -0.370. The number of ether oxygens (including phenoxy) is 4. The van der Waals surface area contributed by atoms with E-state index in [2.05, 4.69) is 5.32 Å². The van der Waals surface area contributed by atoms with Gasteiger partial charge < -0.3 is 30.0 Å². The summed E-state index contributed by atoms with van der Waals surface area (Å²) in [6.07, 6.45) is 0. The second-order valence-electron chi connectivity index (χ2n) is 6.48. The molecule has 8 nitrogen and oxygen atoms in total. The van der Waals surface area contributed by atoms with Gasteiger partial charge in [0, 0.05) is 11.3 Å². The average Bonchev–Trinajstić information content (AvgIpc) is 2.79. The number of anilines is 1. The maximum atomic E-state index is 12.7. The van der Waals surface area contributed by atoms with E-state index in [4.69, 9.17) is 36.3 Å². The fourth-order valence-corrected chi connectivity index (χ4v) is 3.04. The van der Waals surface area contributed by atoms with Gasteiger partial charge in [-0.3, -0.25) is 9.59 Å². The topological polar surface area (TPSA) is 109 Å². The SMILES string of the molecule is COc1ccccc1Oc1ccc(NC(=O)c2cc(Cl)c(OCC(N)=O)c(OC)c2)cc1. The Morgan fingerprint density at radius 1 is 0.938 bits per heavy atom. The second-order valence-corrected chi connectivity index (χ2v) is 6.88. The Hall–Kier alpha value is -3.91. The van der Waals surface area contributed by atoms with Crippen molar-refractivity contribution in [1.82, 2.24) is 0 Å². The molecule has 0 saturated heterocycles. The fraction of sp³-hybridized carbons (Fsp3) is 0.130. The quantitative estimate of drug-likeness (QED) is 0.497. The standard InChI is InChI=1S/C23H21ClN2O6/c1-29-18-5-3-4-6-19(18)32-16-9-7-15(8-10-16)26-23(28)14-11-17(24)22(20(12-14)30-2)31-13-21(25)27/h3-12H,13H2,1-2H3,(H2,25,27)(H,26,28). The minimum Gasteiger partial charge on any atom is -0.493 e. The molecular formula is C23H21ClN2O6. The first-order valence-corrected chi connectivity index (χ1v) is 9.80. The van der Waals surface area contributed by atoms with E-state index < -0.39 is 11.8 Å². The Bertz CT molecular complexity index is 1120. The summed E-state index contributed by atoms with van der Waals surface area (Å²) in [7, 11) is 2.96. The second kappa shape index (κ2) is 10.4. The number of methoxy groups -OCH3 is 2. The number of carbonyl (C=O) groups excluding carboxylic acids is 2. The molecule has 0 atom stereocenters. The summed E-state index contributed by atoms with van der Waals surface area (Å²) in [5, 5.41) is 2.88. The molecule has 0 fully saturated rings. The molecule has 0 aliphatic rings. The Kier molecular flexibility index (Phi) is 7.41. The fourth-order valence-electron chi connectivity index (χ4n) is 2.77. The lowest BCUT2D eigenvalue weighted by atomic mass is 10.1. The van der Waals surface area contributed by atoms with E-state index in [0.29, 0.717) is 22.9 Å². The highest BCUT2D eigenvalue weighted by Crippen LogP contribution is 2.37. The van der Waals surface area contributed by atoms with Crippen molar-refractivity contribution in [2.24, 2.45) is 5.73 Å². The van der Waals surface area contributed by atoms with E-state index in [9.17, 15) is 9.59 Å². The molecule has 0 radical (unpaired) electrons. The minimum atomic E-state index is -0.664. The van der Waals surface area contributed by atoms with Gasteiger partial charge in [0.25, 0.3) is 11.8 Å². The molecular weight excluding hydrogens is 436 g/mol. The zero-order valence-electron chi connectivity index (χ0n) is 17.4. The number of amides is 2. The lowest BCUT2D eigenvalue weighted by Crippen LogP contribution is -2.20. The monoisotopic (exact) mass is 456 g/mol. The number of carbonyl (C=O) groups is 2. The van der Waals surface area contributed by atoms with Gasteiger partial charge in [0.2, 0.25) is 0 Å². The predicted octanol–water partition coefficient (Wildman–Crippen LogP) is 4.27. The van der Waals surface area contributed by atoms with Gasteiger partial charge in [-0.25, -0.2) is 0 Å². The van der Waals surface area contributed by atoms with Crippen LogP contribution in [0.5, 0.6) is 28.7 Å². The van der Waals surface area contributed by atoms with Crippen LogP contribution in [0, 0.1) is 0 Å². The number of benzene rings is 3. The molecule has 0 aliphatic carbocycles. The molecule has 166 valence electrons. The molecule has 3 aromatic carbocycles. The van der Waals surface area contributed by atoms with Crippen LogP contribution < -0.4 is 30.0 Å². The molecule has 0 aromatic heterocycles. The normalized spacial score (nSPS) is 10.2. The highest BCUT2D eigenvalue weighted by molar-refractivity contribution is 6.32. The summed E-state index contributed by atoms with van der Waals surface area (Å²) in [5.41, 5.74) is 5.88. The van der Waals surface area contributed by atoms with E-state index in [1.165, 1.54) is 19.2 Å². The summed E-state index contributed by atoms with van der Waals surface area (Å²) < 4.78 is 21.6. The van der Waals surface area contributed by atoms with Crippen molar-refractivity contribution in [2.75, 3.05) is 26.1 Å². The zero-order chi connectivity index (χ0) is 23.1. The van der Waals surface area contributed by atoms with Crippen LogP contribution in [0.2, 0.25) is 5.02 Å². The number of halogens is 1. The Morgan fingerprint density at radius 3 is 2.22 bits per heavy atom. The van der Waals surface area contributed by atoms with Crippen molar-refractivity contribution in [3.05, 3.63) is 71.2 Å². The van der Waals surface area contributed by atoms with Gasteiger partial charge in [-0.15, -0.1) is 0 Å². The summed E-state index contributed by atoms with van der Waals surface area (Å²) >= 11 is 6.20. The third kappa shape index (κ3) is 5.61. The molecule has 0 spiro atoms. The van der Waals surface area contributed by atoms with Gasteiger partial charge in [0.1, 0.15) is 5.75 Å². The third-order valence-electron chi connectivity index (χ3n) is 4.26. The molecule has 3 N–H and O–H groups in total. The average molecular weight is 457 g/mol. The van der Waals surface area contributed by atoms with Crippen LogP contribution in [0.4, 0.5) is 5.69 Å². The summed E-state index contributed by atoms with van der Waals surface area (Å²) in [5.74, 6) is 1.01. The molecule has 2 amide bonds. The highest BCUT2D eigenvalue weighted by Gasteiger charge is 2.17. The smallest absolute Gasteiger partial charge is 0.255 e. The van der Waals surface area contributed by atoms with Crippen LogP contribution in [0.15, 0.2) is 60.7 Å². The molecule has 32 heavy (non-hydrogen) atoms. The van der Waals surface area contributed by atoms with Gasteiger partial charge >= 0.3 is 0 Å². The van der Waals surface area contributed by atoms with Crippen LogP contribution in [0.1, 0.15) is 10.4 Å². The van der Waals surface area contributed by atoms with Crippen molar-refractivity contribution >= 4 is 29.1 Å². The predicted molar refractivity (Wildman–Crippen MR) is 120 cm³/mol. The maximum Gasteiger partial charge on any atom is 0.255 e. The van der Waals surface area contributed by atoms with Gasteiger partial charge in [-0.2, -0.15) is 0 Å². The number of nitrogens with two attached hydrogens (primary N) is 1. The molecule has 9 heteroatoms. The van der Waals surface area contributed by atoms with E-state index in [1.807, 2.05) is 12.1 Å². The Labute approximate surface area is 189 Å². The zero-order valence-corrected chi connectivity index (χ0v) is 18.1. The van der Waals surface area contributed by atoms with E-state index in [1.54, 1.807) is 43.5 Å². The number of rotatable bonds is 9. The number of hydrogen-bond acceptors (Lipinski definition) is 6. The van der Waals surface area contributed by atoms with Crippen LogP contribution >= 0.6 is 11.6 Å². The first kappa shape index (κ1) is 22.8. The number of para-hydroxylation sites is 2. The highest BCUT2D eigenvalue weighted by atomic mass is 35.5. The van der Waals surface area contributed by atoms with Gasteiger partial charge in [0.15, 0.2) is 29.6 Å². The summed E-state index contributed by atoms with van der Waals surface area (Å²) in [4.78, 5) is 23.6. The van der Waals surface area contributed by atoms with Crippen LogP contribution in [-0.4, -0.2) is 32.6 Å². The molecule has 3 rings (SSSR count). The van der Waals surface area contributed by atoms with Crippen molar-refractivity contribution in [2.45, 2.75) is 0 Å². The third-order valence-corrected chi connectivity index (χ3v) is 4.54. The van der Waals surface area contributed by atoms with E-state index >= 15 is 0 Å². The summed E-state index contributed by atoms with van der Waals surface area (Å²) in [6, 6.07) is 17.0. The lowest BCUT2D eigenvalue weighted by molar-refractivity contribution is -0.119. The lowest BCUT2D eigenvalue weighted by Gasteiger charge is -2.14. The van der Waals surface area contributed by atoms with E-state index in [0.717, 1.165) is 0 Å². The maximum absolute atomic E-state index is 12.7. The molecule has 0 saturated carbocycles. The van der Waals surface area contributed by atoms with Gasteiger partial charge in [-0.05, 0) is 48.5 Å². The number of primary amides is 1. The molecule has 0 aliphatic heterocycles. The van der Waals surface area contributed by atoms with Gasteiger partial charge in [-0.1, -0.05) is 23.7 Å². The van der Waals surface area contributed by atoms with Crippen LogP contribution in [-0.2, 0) is 4.79 Å². The Morgan fingerprint density at radius 2 is 1.59 bits per heavy atom. The van der Waals surface area contributed by atoms with Crippen molar-refractivity contribution in [3.8, 4) is 28.7 Å². The van der Waals surface area contributed by atoms with E-state index in [-0.39, 0.29) is 28.7 Å². The van der Waals surface area contributed by atoms with Crippen molar-refractivity contribution < 1.29 is 28.5 Å². The molecule has 0 bridgehead atoms. The van der Waals surface area contributed by atoms with Crippen LogP contribution in [0.3, 0.4) is 0 Å². The largest absolute Gasteiger partial charge is 0.493 e. The minimum absolute atomic E-state index is 0.108. The van der Waals surface area contributed by atoms with Crippen molar-refractivity contribution in [1.29, 1.82) is 0 Å². The first-order chi connectivity index (χ1) is 15.4. The molecule has 0 heterocycles. The Balaban J connectivity index is 1.71. The number of hydrogen-bond donors (Lipinski definition) is 2. The molecule has 0 unspecified atom stereocenters.